The molecule has 0 spiro atoms. The number of rotatable bonds is 5. The maximum atomic E-state index is 13.1. The number of benzene rings is 1. The summed E-state index contributed by atoms with van der Waals surface area (Å²) in [6.07, 6.45) is 3.08. The second kappa shape index (κ2) is 8.85. The highest BCUT2D eigenvalue weighted by atomic mass is 16.5. The summed E-state index contributed by atoms with van der Waals surface area (Å²) in [4.78, 5) is 38.0. The van der Waals surface area contributed by atoms with Gasteiger partial charge in [0, 0.05) is 32.1 Å². The van der Waals surface area contributed by atoms with Gasteiger partial charge in [0.15, 0.2) is 5.82 Å². The van der Waals surface area contributed by atoms with Crippen LogP contribution in [0.5, 0.6) is 5.88 Å². The number of likely N-dealkylation sites (tertiary alicyclic amines) is 1. The Kier molecular flexibility index (Phi) is 6.01. The number of hydrogen-bond acceptors (Lipinski definition) is 6. The molecule has 8 heteroatoms. The molecule has 0 saturated carbocycles. The molecule has 4 rings (SSSR count). The summed E-state index contributed by atoms with van der Waals surface area (Å²) in [5, 5.41) is 0. The van der Waals surface area contributed by atoms with Gasteiger partial charge in [-0.15, -0.1) is 0 Å². The number of fused-ring (bicyclic) bond motifs is 1. The molecule has 2 aromatic rings. The zero-order chi connectivity index (χ0) is 21.1. The molecule has 1 aromatic carbocycles. The van der Waals surface area contributed by atoms with Gasteiger partial charge in [-0.05, 0) is 44.7 Å². The van der Waals surface area contributed by atoms with Crippen LogP contribution in [0, 0.1) is 11.8 Å². The van der Waals surface area contributed by atoms with Crippen molar-refractivity contribution in [2.24, 2.45) is 17.6 Å². The number of primary amides is 1. The van der Waals surface area contributed by atoms with Crippen LogP contribution < -0.4 is 15.4 Å². The molecule has 0 aliphatic carbocycles. The predicted octanol–water partition coefficient (Wildman–Crippen LogP) is 1.97. The van der Waals surface area contributed by atoms with Crippen LogP contribution in [0.2, 0.25) is 0 Å². The Balaban J connectivity index is 1.50. The monoisotopic (exact) mass is 411 g/mol. The van der Waals surface area contributed by atoms with E-state index in [0.29, 0.717) is 50.8 Å². The second-order valence-corrected chi connectivity index (χ2v) is 8.06. The minimum Gasteiger partial charge on any atom is -0.475 e. The highest BCUT2D eigenvalue weighted by molar-refractivity contribution is 5.82. The molecule has 0 bridgehead atoms. The number of aromatic nitrogens is 2. The Morgan fingerprint density at radius 3 is 2.43 bits per heavy atom. The SMILES string of the molecule is CCOc1nc2ccccc2nc1N1CCCC(C(=O)N2CCC(C(N)=O)CC2)C1. The third-order valence-electron chi connectivity index (χ3n) is 6.08. The molecule has 2 amide bonds. The highest BCUT2D eigenvalue weighted by Crippen LogP contribution is 2.31. The smallest absolute Gasteiger partial charge is 0.258 e. The lowest BCUT2D eigenvalue weighted by Crippen LogP contribution is -2.48. The quantitative estimate of drug-likeness (QED) is 0.807. The minimum atomic E-state index is -0.260. The number of carbonyl (C=O) groups excluding carboxylic acids is 2. The summed E-state index contributed by atoms with van der Waals surface area (Å²) in [5.74, 6) is 0.927. The number of anilines is 1. The molecule has 2 aliphatic rings. The van der Waals surface area contributed by atoms with Crippen LogP contribution in [0.4, 0.5) is 5.82 Å². The van der Waals surface area contributed by atoms with E-state index in [1.165, 1.54) is 0 Å². The topological polar surface area (TPSA) is 102 Å². The average molecular weight is 412 g/mol. The lowest BCUT2D eigenvalue weighted by molar-refractivity contribution is -0.138. The van der Waals surface area contributed by atoms with Gasteiger partial charge >= 0.3 is 0 Å². The fourth-order valence-electron chi connectivity index (χ4n) is 4.43. The van der Waals surface area contributed by atoms with Crippen LogP contribution in [0.25, 0.3) is 11.0 Å². The number of piperidine rings is 2. The molecule has 3 heterocycles. The van der Waals surface area contributed by atoms with Crippen LogP contribution in [0.1, 0.15) is 32.6 Å². The number of para-hydroxylation sites is 2. The molecule has 0 radical (unpaired) electrons. The van der Waals surface area contributed by atoms with Gasteiger partial charge in [-0.25, -0.2) is 9.97 Å². The number of nitrogens with two attached hydrogens (primary N) is 1. The van der Waals surface area contributed by atoms with Crippen molar-refractivity contribution in [1.82, 2.24) is 14.9 Å². The predicted molar refractivity (Wildman–Crippen MR) is 114 cm³/mol. The van der Waals surface area contributed by atoms with E-state index < -0.39 is 0 Å². The molecule has 8 nitrogen and oxygen atoms in total. The molecule has 2 saturated heterocycles. The second-order valence-electron chi connectivity index (χ2n) is 8.06. The van der Waals surface area contributed by atoms with Crippen molar-refractivity contribution >= 4 is 28.7 Å². The number of nitrogens with zero attached hydrogens (tertiary/aromatic N) is 4. The number of amides is 2. The molecule has 1 aromatic heterocycles. The molecule has 2 aliphatic heterocycles. The van der Waals surface area contributed by atoms with Gasteiger partial charge in [-0.1, -0.05) is 12.1 Å². The molecular formula is C22H29N5O3. The highest BCUT2D eigenvalue weighted by Gasteiger charge is 2.33. The standard InChI is InChI=1S/C22H29N5O3/c1-2-30-21-20(24-17-7-3-4-8-18(17)25-21)27-11-5-6-16(14-27)22(29)26-12-9-15(10-13-26)19(23)28/h3-4,7-8,15-16H,2,5-6,9-14H2,1H3,(H2,23,28). The van der Waals surface area contributed by atoms with E-state index in [9.17, 15) is 9.59 Å². The Morgan fingerprint density at radius 1 is 1.07 bits per heavy atom. The molecule has 30 heavy (non-hydrogen) atoms. The Hall–Kier alpha value is -2.90. The molecule has 1 atom stereocenters. The normalized spacial score (nSPS) is 20.4. The van der Waals surface area contributed by atoms with Gasteiger partial charge in [0.1, 0.15) is 0 Å². The van der Waals surface area contributed by atoms with E-state index >= 15 is 0 Å². The van der Waals surface area contributed by atoms with Crippen LogP contribution in [-0.4, -0.2) is 59.5 Å². The zero-order valence-corrected chi connectivity index (χ0v) is 17.4. The summed E-state index contributed by atoms with van der Waals surface area (Å²) in [5.41, 5.74) is 7.03. The van der Waals surface area contributed by atoms with Crippen LogP contribution in [0.15, 0.2) is 24.3 Å². The van der Waals surface area contributed by atoms with Crippen molar-refractivity contribution in [2.45, 2.75) is 32.6 Å². The Morgan fingerprint density at radius 2 is 1.77 bits per heavy atom. The van der Waals surface area contributed by atoms with E-state index in [-0.39, 0.29) is 23.7 Å². The molecular weight excluding hydrogens is 382 g/mol. The van der Waals surface area contributed by atoms with Gasteiger partial charge in [0.25, 0.3) is 5.88 Å². The third kappa shape index (κ3) is 4.17. The Labute approximate surface area is 176 Å². The van der Waals surface area contributed by atoms with Crippen molar-refractivity contribution in [1.29, 1.82) is 0 Å². The van der Waals surface area contributed by atoms with E-state index in [4.69, 9.17) is 15.5 Å². The van der Waals surface area contributed by atoms with Gasteiger partial charge in [0.05, 0.1) is 23.6 Å². The van der Waals surface area contributed by atoms with Gasteiger partial charge in [0.2, 0.25) is 11.8 Å². The Bertz CT molecular complexity index is 926. The molecule has 2 fully saturated rings. The largest absolute Gasteiger partial charge is 0.475 e. The van der Waals surface area contributed by atoms with Crippen LogP contribution >= 0.6 is 0 Å². The molecule has 1 unspecified atom stereocenters. The van der Waals surface area contributed by atoms with Crippen molar-refractivity contribution < 1.29 is 14.3 Å². The van der Waals surface area contributed by atoms with E-state index in [2.05, 4.69) is 9.88 Å². The van der Waals surface area contributed by atoms with Gasteiger partial charge in [-0.2, -0.15) is 0 Å². The third-order valence-corrected chi connectivity index (χ3v) is 6.08. The fraction of sp³-hybridized carbons (Fsp3) is 0.545. The summed E-state index contributed by atoms with van der Waals surface area (Å²) < 4.78 is 5.79. The van der Waals surface area contributed by atoms with Crippen molar-refractivity contribution in [3.05, 3.63) is 24.3 Å². The lowest BCUT2D eigenvalue weighted by atomic mass is 9.92. The van der Waals surface area contributed by atoms with Crippen molar-refractivity contribution in [3.8, 4) is 5.88 Å². The van der Waals surface area contributed by atoms with E-state index in [0.717, 1.165) is 30.4 Å². The number of carbonyl (C=O) groups is 2. The maximum Gasteiger partial charge on any atom is 0.258 e. The number of ether oxygens (including phenoxy) is 1. The fourth-order valence-corrected chi connectivity index (χ4v) is 4.43. The first kappa shape index (κ1) is 20.4. The number of hydrogen-bond donors (Lipinski definition) is 1. The van der Waals surface area contributed by atoms with Crippen LogP contribution in [-0.2, 0) is 9.59 Å². The van der Waals surface area contributed by atoms with Crippen molar-refractivity contribution in [3.63, 3.8) is 0 Å². The van der Waals surface area contributed by atoms with Crippen LogP contribution in [0.3, 0.4) is 0 Å². The molecule has 160 valence electrons. The summed E-state index contributed by atoms with van der Waals surface area (Å²) in [6.45, 7) is 5.05. The lowest BCUT2D eigenvalue weighted by Gasteiger charge is -2.38. The molecule has 2 N–H and O–H groups in total. The summed E-state index contributed by atoms with van der Waals surface area (Å²) in [7, 11) is 0. The van der Waals surface area contributed by atoms with Gasteiger partial charge < -0.3 is 20.3 Å². The minimum absolute atomic E-state index is 0.0911. The van der Waals surface area contributed by atoms with E-state index in [1.54, 1.807) is 0 Å². The van der Waals surface area contributed by atoms with Crippen molar-refractivity contribution in [2.75, 3.05) is 37.7 Å². The first-order valence-electron chi connectivity index (χ1n) is 10.8. The first-order chi connectivity index (χ1) is 14.6. The zero-order valence-electron chi connectivity index (χ0n) is 17.4. The summed E-state index contributed by atoms with van der Waals surface area (Å²) in [6, 6.07) is 7.74. The van der Waals surface area contributed by atoms with Gasteiger partial charge in [-0.3, -0.25) is 9.59 Å². The summed E-state index contributed by atoms with van der Waals surface area (Å²) >= 11 is 0. The average Bonchev–Trinajstić information content (AvgIpc) is 2.78. The first-order valence-corrected chi connectivity index (χ1v) is 10.8. The maximum absolute atomic E-state index is 13.1. The van der Waals surface area contributed by atoms with E-state index in [1.807, 2.05) is 36.1 Å².